The fourth-order valence-electron chi connectivity index (χ4n) is 6.16. The molecule has 0 atom stereocenters. The molecular weight excluding hydrogens is 463 g/mol. The summed E-state index contributed by atoms with van der Waals surface area (Å²) in [7, 11) is 0. The predicted octanol–water partition coefficient (Wildman–Crippen LogP) is 11.1. The number of fused-ring (bicyclic) bond motifs is 1. The lowest BCUT2D eigenvalue weighted by Gasteiger charge is -2.29. The van der Waals surface area contributed by atoms with Crippen molar-refractivity contribution in [3.8, 4) is 11.8 Å². The lowest BCUT2D eigenvalue weighted by atomic mass is 9.76. The van der Waals surface area contributed by atoms with Crippen LogP contribution in [0.3, 0.4) is 0 Å². The van der Waals surface area contributed by atoms with E-state index < -0.39 is 0 Å². The Bertz CT molecular complexity index is 1190. The summed E-state index contributed by atoms with van der Waals surface area (Å²) in [6.07, 6.45) is 19.3. The van der Waals surface area contributed by atoms with Crippen molar-refractivity contribution in [2.24, 2.45) is 5.92 Å². The highest BCUT2D eigenvalue weighted by Gasteiger charge is 2.24. The Morgan fingerprint density at radius 3 is 2.08 bits per heavy atom. The second kappa shape index (κ2) is 15.1. The average molecular weight is 511 g/mol. The number of hydrogen-bond donors (Lipinski definition) is 0. The van der Waals surface area contributed by atoms with E-state index in [1.165, 1.54) is 82.6 Å². The largest absolute Gasteiger partial charge is 0.206 e. The Labute approximate surface area is 231 Å². The van der Waals surface area contributed by atoms with E-state index in [2.05, 4.69) is 56.0 Å². The Morgan fingerprint density at radius 1 is 0.684 bits per heavy atom. The molecule has 0 radical (unpaired) electrons. The number of benzene rings is 3. The van der Waals surface area contributed by atoms with Crippen molar-refractivity contribution in [1.82, 2.24) is 0 Å². The standard InChI is InChI=1S/C37H47F/c1-3-5-7-9-11-13-30-20-23-33(24-21-30)35-27-25-34-28-32(22-26-36(34)37(35)38)19-18-31-16-14-29(15-17-31)12-10-8-6-4-2/h14-17,22,25-28,30,33H,3-13,20-21,23-24H2,1-2H3. The minimum atomic E-state index is -0.0143. The predicted molar refractivity (Wildman–Crippen MR) is 162 cm³/mol. The van der Waals surface area contributed by atoms with Crippen LogP contribution < -0.4 is 0 Å². The molecular formula is C37H47F. The highest BCUT2D eigenvalue weighted by molar-refractivity contribution is 5.85. The summed E-state index contributed by atoms with van der Waals surface area (Å²) in [4.78, 5) is 0. The van der Waals surface area contributed by atoms with Crippen LogP contribution in [-0.4, -0.2) is 0 Å². The maximum Gasteiger partial charge on any atom is 0.134 e. The van der Waals surface area contributed by atoms with Crippen LogP contribution in [0.4, 0.5) is 4.39 Å². The van der Waals surface area contributed by atoms with E-state index in [-0.39, 0.29) is 5.82 Å². The fourth-order valence-corrected chi connectivity index (χ4v) is 6.16. The van der Waals surface area contributed by atoms with Crippen molar-refractivity contribution in [2.45, 2.75) is 116 Å². The summed E-state index contributed by atoms with van der Waals surface area (Å²) in [6, 6.07) is 18.7. The molecule has 3 aromatic rings. The molecule has 0 heterocycles. The molecule has 1 saturated carbocycles. The molecule has 0 bridgehead atoms. The molecule has 3 aromatic carbocycles. The number of aryl methyl sites for hydroxylation is 1. The molecule has 0 unspecified atom stereocenters. The van der Waals surface area contributed by atoms with Crippen molar-refractivity contribution in [3.05, 3.63) is 82.7 Å². The molecule has 0 aliphatic heterocycles. The van der Waals surface area contributed by atoms with E-state index in [0.717, 1.165) is 52.6 Å². The summed E-state index contributed by atoms with van der Waals surface area (Å²) in [5.41, 5.74) is 4.28. The lowest BCUT2D eigenvalue weighted by molar-refractivity contribution is 0.299. The number of halogens is 1. The zero-order valence-electron chi connectivity index (χ0n) is 23.8. The molecule has 4 rings (SSSR count). The van der Waals surface area contributed by atoms with Gasteiger partial charge in [0.25, 0.3) is 0 Å². The van der Waals surface area contributed by atoms with Crippen LogP contribution >= 0.6 is 0 Å². The molecule has 202 valence electrons. The SMILES string of the molecule is CCCCCCCC1CCC(c2ccc3cc(C#Cc4ccc(CCCCCC)cc4)ccc3c2F)CC1. The van der Waals surface area contributed by atoms with Crippen molar-refractivity contribution in [3.63, 3.8) is 0 Å². The number of unbranched alkanes of at least 4 members (excludes halogenated alkanes) is 7. The first-order valence-corrected chi connectivity index (χ1v) is 15.5. The van der Waals surface area contributed by atoms with E-state index in [0.29, 0.717) is 5.92 Å². The molecule has 0 spiro atoms. The molecule has 0 N–H and O–H groups in total. The summed E-state index contributed by atoms with van der Waals surface area (Å²) in [6.45, 7) is 4.52. The van der Waals surface area contributed by atoms with Gasteiger partial charge in [0.15, 0.2) is 0 Å². The average Bonchev–Trinajstić information content (AvgIpc) is 2.95. The van der Waals surface area contributed by atoms with Gasteiger partial charge < -0.3 is 0 Å². The van der Waals surface area contributed by atoms with Crippen LogP contribution in [0.1, 0.15) is 132 Å². The van der Waals surface area contributed by atoms with Gasteiger partial charge in [-0.1, -0.05) is 114 Å². The van der Waals surface area contributed by atoms with Crippen LogP contribution in [0.5, 0.6) is 0 Å². The lowest BCUT2D eigenvalue weighted by Crippen LogP contribution is -2.14. The van der Waals surface area contributed by atoms with Gasteiger partial charge in [0.1, 0.15) is 5.82 Å². The van der Waals surface area contributed by atoms with E-state index in [9.17, 15) is 0 Å². The van der Waals surface area contributed by atoms with E-state index >= 15 is 4.39 Å². The Balaban J connectivity index is 1.34. The van der Waals surface area contributed by atoms with Gasteiger partial charge in [-0.05, 0) is 91.1 Å². The number of hydrogen-bond acceptors (Lipinski definition) is 0. The summed E-state index contributed by atoms with van der Waals surface area (Å²) in [5, 5.41) is 1.68. The van der Waals surface area contributed by atoms with Gasteiger partial charge in [-0.2, -0.15) is 0 Å². The quantitative estimate of drug-likeness (QED) is 0.168. The second-order valence-corrected chi connectivity index (χ2v) is 11.6. The van der Waals surface area contributed by atoms with Crippen LogP contribution in [0, 0.1) is 23.6 Å². The van der Waals surface area contributed by atoms with Crippen LogP contribution in [0.2, 0.25) is 0 Å². The van der Waals surface area contributed by atoms with E-state index in [1.54, 1.807) is 0 Å². The van der Waals surface area contributed by atoms with Crippen LogP contribution in [0.25, 0.3) is 10.8 Å². The van der Waals surface area contributed by atoms with Gasteiger partial charge >= 0.3 is 0 Å². The smallest absolute Gasteiger partial charge is 0.134 e. The maximum absolute atomic E-state index is 15.6. The van der Waals surface area contributed by atoms with Gasteiger partial charge in [-0.3, -0.25) is 0 Å². The third-order valence-electron chi connectivity index (χ3n) is 8.61. The molecule has 0 aromatic heterocycles. The minimum Gasteiger partial charge on any atom is -0.206 e. The first kappa shape index (κ1) is 28.4. The third kappa shape index (κ3) is 8.20. The van der Waals surface area contributed by atoms with Crippen LogP contribution in [0.15, 0.2) is 54.6 Å². The molecule has 0 saturated heterocycles. The summed E-state index contributed by atoms with van der Waals surface area (Å²) < 4.78 is 15.6. The van der Waals surface area contributed by atoms with E-state index in [4.69, 9.17) is 0 Å². The monoisotopic (exact) mass is 510 g/mol. The molecule has 0 amide bonds. The molecule has 1 fully saturated rings. The highest BCUT2D eigenvalue weighted by Crippen LogP contribution is 2.40. The Kier molecular flexibility index (Phi) is 11.3. The third-order valence-corrected chi connectivity index (χ3v) is 8.61. The van der Waals surface area contributed by atoms with Gasteiger partial charge in [0.05, 0.1) is 0 Å². The van der Waals surface area contributed by atoms with Crippen molar-refractivity contribution >= 4 is 10.8 Å². The first-order chi connectivity index (χ1) is 18.7. The van der Waals surface area contributed by atoms with Crippen molar-refractivity contribution < 1.29 is 4.39 Å². The van der Waals surface area contributed by atoms with Gasteiger partial charge in [0, 0.05) is 16.5 Å². The number of rotatable bonds is 12. The topological polar surface area (TPSA) is 0 Å². The van der Waals surface area contributed by atoms with Crippen molar-refractivity contribution in [2.75, 3.05) is 0 Å². The molecule has 1 aliphatic carbocycles. The van der Waals surface area contributed by atoms with Crippen molar-refractivity contribution in [1.29, 1.82) is 0 Å². The fraction of sp³-hybridized carbons (Fsp3) is 0.514. The molecule has 0 nitrogen and oxygen atoms in total. The van der Waals surface area contributed by atoms with Gasteiger partial charge in [-0.25, -0.2) is 4.39 Å². The molecule has 38 heavy (non-hydrogen) atoms. The summed E-state index contributed by atoms with van der Waals surface area (Å²) in [5.74, 6) is 7.78. The summed E-state index contributed by atoms with van der Waals surface area (Å²) >= 11 is 0. The highest BCUT2D eigenvalue weighted by atomic mass is 19.1. The molecule has 1 aliphatic rings. The van der Waals surface area contributed by atoms with Gasteiger partial charge in [-0.15, -0.1) is 0 Å². The Morgan fingerprint density at radius 2 is 1.34 bits per heavy atom. The van der Waals surface area contributed by atoms with Crippen LogP contribution in [-0.2, 0) is 6.42 Å². The Hall–Kier alpha value is -2.59. The molecule has 1 heteroatoms. The first-order valence-electron chi connectivity index (χ1n) is 15.5. The normalized spacial score (nSPS) is 17.3. The van der Waals surface area contributed by atoms with Gasteiger partial charge in [0.2, 0.25) is 0 Å². The van der Waals surface area contributed by atoms with E-state index in [1.807, 2.05) is 24.3 Å². The zero-order valence-corrected chi connectivity index (χ0v) is 23.8. The minimum absolute atomic E-state index is 0.0143. The zero-order chi connectivity index (χ0) is 26.6. The maximum atomic E-state index is 15.6. The second-order valence-electron chi connectivity index (χ2n) is 11.6.